The number of methoxy groups -OCH3 is 1. The van der Waals surface area contributed by atoms with Gasteiger partial charge in [0, 0.05) is 18.1 Å². The third-order valence-corrected chi connectivity index (χ3v) is 6.08. The summed E-state index contributed by atoms with van der Waals surface area (Å²) in [6.07, 6.45) is 2.73. The van der Waals surface area contributed by atoms with Crippen LogP contribution in [0, 0.1) is 6.92 Å². The van der Waals surface area contributed by atoms with E-state index in [4.69, 9.17) is 21.1 Å². The second kappa shape index (κ2) is 10.4. The van der Waals surface area contributed by atoms with Gasteiger partial charge in [-0.25, -0.2) is 4.79 Å². The molecule has 0 bridgehead atoms. The van der Waals surface area contributed by atoms with Crippen molar-refractivity contribution in [2.24, 2.45) is 0 Å². The fraction of sp³-hybridized carbons (Fsp3) is 0.214. The SMILES string of the molecule is COc1c(Cl)cc(C)cc1/C(O)=C1\C(=O)C(=O)N(c2cccc(C(=O)OC(C)C)c2)C1c1cccnc1. The van der Waals surface area contributed by atoms with Crippen molar-refractivity contribution in [3.05, 3.63) is 93.8 Å². The lowest BCUT2D eigenvalue weighted by Crippen LogP contribution is -2.29. The van der Waals surface area contributed by atoms with Gasteiger partial charge < -0.3 is 14.6 Å². The summed E-state index contributed by atoms with van der Waals surface area (Å²) >= 11 is 6.34. The van der Waals surface area contributed by atoms with Crippen LogP contribution < -0.4 is 9.64 Å². The Hall–Kier alpha value is -4.17. The normalized spacial score (nSPS) is 16.8. The van der Waals surface area contributed by atoms with Gasteiger partial charge >= 0.3 is 5.97 Å². The molecule has 0 aliphatic carbocycles. The Bertz CT molecular complexity index is 1420. The largest absolute Gasteiger partial charge is 0.507 e. The van der Waals surface area contributed by atoms with Crippen molar-refractivity contribution in [2.75, 3.05) is 12.0 Å². The van der Waals surface area contributed by atoms with E-state index in [1.165, 1.54) is 24.3 Å². The number of ketones is 1. The molecule has 1 aromatic heterocycles. The third-order valence-electron chi connectivity index (χ3n) is 5.79. The molecule has 2 heterocycles. The summed E-state index contributed by atoms with van der Waals surface area (Å²) in [5, 5.41) is 11.7. The molecule has 0 spiro atoms. The van der Waals surface area contributed by atoms with Crippen LogP contribution in [0.1, 0.15) is 46.9 Å². The predicted molar refractivity (Wildman–Crippen MR) is 139 cm³/mol. The molecule has 1 aliphatic heterocycles. The molecule has 9 heteroatoms. The van der Waals surface area contributed by atoms with Crippen molar-refractivity contribution in [3.8, 4) is 5.75 Å². The zero-order valence-corrected chi connectivity index (χ0v) is 21.4. The first-order valence-corrected chi connectivity index (χ1v) is 11.9. The summed E-state index contributed by atoms with van der Waals surface area (Å²) in [5.74, 6) is -2.61. The lowest BCUT2D eigenvalue weighted by Gasteiger charge is -2.25. The number of nitrogens with zero attached hydrogens (tertiary/aromatic N) is 2. The molecule has 4 rings (SSSR count). The van der Waals surface area contributed by atoms with Crippen molar-refractivity contribution in [1.29, 1.82) is 0 Å². The van der Waals surface area contributed by atoms with Crippen molar-refractivity contribution >= 4 is 40.7 Å². The van der Waals surface area contributed by atoms with Gasteiger partial charge in [0.05, 0.1) is 41.0 Å². The number of aliphatic hydroxyl groups excluding tert-OH is 1. The van der Waals surface area contributed by atoms with Gasteiger partial charge in [-0.15, -0.1) is 0 Å². The number of pyridine rings is 1. The molecule has 0 saturated carbocycles. The highest BCUT2D eigenvalue weighted by Gasteiger charge is 2.47. The summed E-state index contributed by atoms with van der Waals surface area (Å²) in [4.78, 5) is 44.8. The van der Waals surface area contributed by atoms with Gasteiger partial charge in [-0.1, -0.05) is 23.7 Å². The first-order valence-electron chi connectivity index (χ1n) is 11.5. The molecule has 2 aromatic carbocycles. The molecule has 1 saturated heterocycles. The number of hydrogen-bond acceptors (Lipinski definition) is 7. The minimum atomic E-state index is -1.03. The summed E-state index contributed by atoms with van der Waals surface area (Å²) in [6.45, 7) is 5.24. The van der Waals surface area contributed by atoms with E-state index in [0.717, 1.165) is 5.56 Å². The number of aromatic nitrogens is 1. The lowest BCUT2D eigenvalue weighted by atomic mass is 9.95. The van der Waals surface area contributed by atoms with E-state index in [0.29, 0.717) is 5.56 Å². The minimum absolute atomic E-state index is 0.159. The maximum atomic E-state index is 13.4. The zero-order valence-electron chi connectivity index (χ0n) is 20.7. The molecule has 1 unspecified atom stereocenters. The van der Waals surface area contributed by atoms with Gasteiger partial charge in [-0.05, 0) is 68.3 Å². The average molecular weight is 521 g/mol. The number of aliphatic hydroxyl groups is 1. The van der Waals surface area contributed by atoms with E-state index < -0.39 is 29.5 Å². The standard InChI is InChI=1S/C28H25ClN2O6/c1-15(2)37-28(35)17-7-5-9-19(13-17)31-23(18-8-6-10-30-14-18)22(25(33)27(31)34)24(32)20-11-16(3)12-21(29)26(20)36-4/h5-15,23,32H,1-4H3/b24-22+. The van der Waals surface area contributed by atoms with Crippen molar-refractivity contribution in [2.45, 2.75) is 32.9 Å². The van der Waals surface area contributed by atoms with Crippen molar-refractivity contribution in [3.63, 3.8) is 0 Å². The molecule has 1 atom stereocenters. The minimum Gasteiger partial charge on any atom is -0.507 e. The highest BCUT2D eigenvalue weighted by Crippen LogP contribution is 2.44. The quantitative estimate of drug-likeness (QED) is 0.205. The number of amides is 1. The van der Waals surface area contributed by atoms with E-state index >= 15 is 0 Å². The molecular weight excluding hydrogens is 496 g/mol. The Morgan fingerprint density at radius 3 is 2.54 bits per heavy atom. The van der Waals surface area contributed by atoms with Crippen LogP contribution in [0.15, 0.2) is 66.5 Å². The number of rotatable bonds is 6. The number of aryl methyl sites for hydroxylation is 1. The van der Waals surface area contributed by atoms with Crippen LogP contribution in [0.5, 0.6) is 5.75 Å². The van der Waals surface area contributed by atoms with Gasteiger partial charge in [0.15, 0.2) is 0 Å². The van der Waals surface area contributed by atoms with Crippen LogP contribution in [-0.4, -0.2) is 41.0 Å². The Kier molecular flexibility index (Phi) is 7.31. The monoisotopic (exact) mass is 520 g/mol. The number of hydrogen-bond donors (Lipinski definition) is 1. The molecule has 0 radical (unpaired) electrons. The second-order valence-corrected chi connectivity index (χ2v) is 9.19. The maximum absolute atomic E-state index is 13.4. The Morgan fingerprint density at radius 2 is 1.89 bits per heavy atom. The van der Waals surface area contributed by atoms with Crippen molar-refractivity contribution in [1.82, 2.24) is 4.98 Å². The number of benzene rings is 2. The molecule has 3 aromatic rings. The molecule has 1 amide bonds. The Morgan fingerprint density at radius 1 is 1.14 bits per heavy atom. The number of ether oxygens (including phenoxy) is 2. The van der Waals surface area contributed by atoms with Gasteiger partial charge in [0.1, 0.15) is 11.5 Å². The number of Topliss-reactive ketones (excluding diaryl/α,β-unsaturated/α-hetero) is 1. The zero-order chi connectivity index (χ0) is 26.9. The van der Waals surface area contributed by atoms with E-state index in [-0.39, 0.29) is 39.3 Å². The lowest BCUT2D eigenvalue weighted by molar-refractivity contribution is -0.132. The van der Waals surface area contributed by atoms with Crippen LogP contribution >= 0.6 is 11.6 Å². The van der Waals surface area contributed by atoms with Gasteiger partial charge in [0.2, 0.25) is 0 Å². The van der Waals surface area contributed by atoms with Crippen LogP contribution in [0.2, 0.25) is 5.02 Å². The highest BCUT2D eigenvalue weighted by atomic mass is 35.5. The molecule has 8 nitrogen and oxygen atoms in total. The topological polar surface area (TPSA) is 106 Å². The van der Waals surface area contributed by atoms with E-state index in [2.05, 4.69) is 4.98 Å². The number of halogens is 1. The van der Waals surface area contributed by atoms with Gasteiger partial charge in [-0.3, -0.25) is 19.5 Å². The number of esters is 1. The maximum Gasteiger partial charge on any atom is 0.338 e. The van der Waals surface area contributed by atoms with E-state index in [1.807, 2.05) is 0 Å². The predicted octanol–water partition coefficient (Wildman–Crippen LogP) is 5.24. The van der Waals surface area contributed by atoms with Gasteiger partial charge in [0.25, 0.3) is 11.7 Å². The summed E-state index contributed by atoms with van der Waals surface area (Å²) in [5.41, 5.74) is 1.71. The average Bonchev–Trinajstić information content (AvgIpc) is 3.13. The molecule has 1 fully saturated rings. The smallest absolute Gasteiger partial charge is 0.338 e. The van der Waals surface area contributed by atoms with Gasteiger partial charge in [-0.2, -0.15) is 0 Å². The number of carbonyl (C=O) groups is 3. The van der Waals surface area contributed by atoms with Crippen LogP contribution in [0.3, 0.4) is 0 Å². The van der Waals surface area contributed by atoms with Crippen molar-refractivity contribution < 1.29 is 29.0 Å². The molecular formula is C28H25ClN2O6. The van der Waals surface area contributed by atoms with Crippen LogP contribution in [0.4, 0.5) is 5.69 Å². The first kappa shape index (κ1) is 25.9. The fourth-order valence-corrected chi connectivity index (χ4v) is 4.63. The summed E-state index contributed by atoms with van der Waals surface area (Å²) in [6, 6.07) is 11.8. The van der Waals surface area contributed by atoms with E-state index in [1.54, 1.807) is 69.4 Å². The van der Waals surface area contributed by atoms with Crippen LogP contribution in [0.25, 0.3) is 5.76 Å². The van der Waals surface area contributed by atoms with E-state index in [9.17, 15) is 19.5 Å². The second-order valence-electron chi connectivity index (χ2n) is 8.79. The number of carbonyl (C=O) groups excluding carboxylic acids is 3. The summed E-state index contributed by atoms with van der Waals surface area (Å²) < 4.78 is 10.7. The third kappa shape index (κ3) is 4.93. The summed E-state index contributed by atoms with van der Waals surface area (Å²) in [7, 11) is 1.40. The molecule has 37 heavy (non-hydrogen) atoms. The highest BCUT2D eigenvalue weighted by molar-refractivity contribution is 6.51. The first-order chi connectivity index (χ1) is 17.6. The molecule has 190 valence electrons. The Balaban J connectivity index is 1.94. The fourth-order valence-electron chi connectivity index (χ4n) is 4.27. The molecule has 1 N–H and O–H groups in total. The number of anilines is 1. The Labute approximate surface area is 219 Å². The van der Waals surface area contributed by atoms with Crippen LogP contribution in [-0.2, 0) is 14.3 Å². The molecule has 1 aliphatic rings.